The zero-order valence-electron chi connectivity index (χ0n) is 20.4. The molecule has 0 saturated carbocycles. The maximum atomic E-state index is 13.7. The van der Waals surface area contributed by atoms with E-state index in [9.17, 15) is 33.7 Å². The van der Waals surface area contributed by atoms with Gasteiger partial charge >= 0.3 is 13.2 Å². The SMILES string of the molecule is CC(C)(C=C(C#N)C(=O)N1CC[C@@H]1COC(=O)N[C@@H](Cc1ccccc1)B(O)O)N1CCC(F)(F)C1. The molecule has 0 radical (unpaired) electrons. The topological polar surface area (TPSA) is 126 Å². The van der Waals surface area contributed by atoms with E-state index in [1.54, 1.807) is 43.0 Å². The van der Waals surface area contributed by atoms with Gasteiger partial charge in [-0.3, -0.25) is 9.69 Å². The van der Waals surface area contributed by atoms with Gasteiger partial charge in [0, 0.05) is 25.0 Å². The third kappa shape index (κ3) is 7.03. The first-order valence-corrected chi connectivity index (χ1v) is 11.8. The van der Waals surface area contributed by atoms with E-state index in [1.807, 2.05) is 12.1 Å². The molecule has 2 aliphatic rings. The Morgan fingerprint density at radius 2 is 2.03 bits per heavy atom. The van der Waals surface area contributed by atoms with Gasteiger partial charge in [-0.1, -0.05) is 30.3 Å². The third-order valence-electron chi connectivity index (χ3n) is 6.61. The molecule has 1 aromatic carbocycles. The van der Waals surface area contributed by atoms with E-state index in [0.29, 0.717) is 13.0 Å². The quantitative estimate of drug-likeness (QED) is 0.265. The van der Waals surface area contributed by atoms with Crippen LogP contribution in [0.1, 0.15) is 32.3 Å². The zero-order valence-corrected chi connectivity index (χ0v) is 20.4. The molecule has 2 saturated heterocycles. The highest BCUT2D eigenvalue weighted by Crippen LogP contribution is 2.33. The van der Waals surface area contributed by atoms with E-state index in [-0.39, 0.29) is 31.6 Å². The van der Waals surface area contributed by atoms with Crippen LogP contribution < -0.4 is 5.32 Å². The number of nitrogens with one attached hydrogen (secondary N) is 1. The zero-order chi connectivity index (χ0) is 26.5. The number of halogens is 2. The Morgan fingerprint density at radius 3 is 2.56 bits per heavy atom. The van der Waals surface area contributed by atoms with Crippen molar-refractivity contribution in [3.63, 3.8) is 0 Å². The molecule has 2 aliphatic heterocycles. The van der Waals surface area contributed by atoms with Crippen LogP contribution in [0, 0.1) is 11.3 Å². The first-order chi connectivity index (χ1) is 16.9. The minimum absolute atomic E-state index is 0.141. The van der Waals surface area contributed by atoms with Crippen LogP contribution >= 0.6 is 0 Å². The molecule has 12 heteroatoms. The van der Waals surface area contributed by atoms with Crippen LogP contribution in [0.2, 0.25) is 0 Å². The lowest BCUT2D eigenvalue weighted by Gasteiger charge is -2.41. The highest BCUT2D eigenvalue weighted by Gasteiger charge is 2.44. The summed E-state index contributed by atoms with van der Waals surface area (Å²) in [5, 5.41) is 31.2. The molecule has 3 N–H and O–H groups in total. The monoisotopic (exact) mass is 504 g/mol. The molecule has 2 amide bonds. The number of hydrogen-bond donors (Lipinski definition) is 3. The number of nitriles is 1. The maximum Gasteiger partial charge on any atom is 0.475 e. The van der Waals surface area contributed by atoms with Gasteiger partial charge in [-0.2, -0.15) is 5.26 Å². The normalized spacial score (nSPS) is 20.8. The smallest absolute Gasteiger partial charge is 0.447 e. The Balaban J connectivity index is 1.55. The second-order valence-corrected chi connectivity index (χ2v) is 9.74. The Hall–Kier alpha value is -3.01. The molecule has 0 unspecified atom stereocenters. The van der Waals surface area contributed by atoms with Crippen LogP contribution in [-0.4, -0.2) is 88.7 Å². The van der Waals surface area contributed by atoms with Crippen LogP contribution in [-0.2, 0) is 16.0 Å². The van der Waals surface area contributed by atoms with Gasteiger partial charge in [0.05, 0.1) is 18.5 Å². The summed E-state index contributed by atoms with van der Waals surface area (Å²) in [7, 11) is -1.80. The number of carbonyl (C=O) groups excluding carboxylic acids is 2. The van der Waals surface area contributed by atoms with Gasteiger partial charge in [0.1, 0.15) is 18.2 Å². The predicted molar refractivity (Wildman–Crippen MR) is 128 cm³/mol. The molecule has 0 aliphatic carbocycles. The van der Waals surface area contributed by atoms with Crippen LogP contribution in [0.15, 0.2) is 42.0 Å². The molecule has 2 heterocycles. The molecule has 0 spiro atoms. The summed E-state index contributed by atoms with van der Waals surface area (Å²) in [6.45, 7) is 3.31. The maximum absolute atomic E-state index is 13.7. The molecular weight excluding hydrogens is 473 g/mol. The average Bonchev–Trinajstić information content (AvgIpc) is 3.17. The number of carbonyl (C=O) groups is 2. The second kappa shape index (κ2) is 11.4. The van der Waals surface area contributed by atoms with Gasteiger partial charge in [-0.15, -0.1) is 0 Å². The van der Waals surface area contributed by atoms with E-state index < -0.39 is 49.1 Å². The van der Waals surface area contributed by atoms with Gasteiger partial charge in [0.25, 0.3) is 11.8 Å². The molecule has 0 aromatic heterocycles. The lowest BCUT2D eigenvalue weighted by atomic mass is 9.76. The lowest BCUT2D eigenvalue weighted by molar-refractivity contribution is -0.135. The predicted octanol–water partition coefficient (Wildman–Crippen LogP) is 1.51. The number of likely N-dealkylation sites (tertiary alicyclic amines) is 2. The summed E-state index contributed by atoms with van der Waals surface area (Å²) < 4.78 is 32.5. The minimum atomic E-state index is -2.80. The highest BCUT2D eigenvalue weighted by atomic mass is 19.3. The first-order valence-electron chi connectivity index (χ1n) is 11.8. The summed E-state index contributed by atoms with van der Waals surface area (Å²) in [6.07, 6.45) is 1.01. The van der Waals surface area contributed by atoms with Crippen molar-refractivity contribution in [1.29, 1.82) is 5.26 Å². The molecule has 3 rings (SSSR count). The number of rotatable bonds is 9. The number of alkyl halides is 2. The van der Waals surface area contributed by atoms with E-state index in [1.165, 1.54) is 11.0 Å². The number of benzene rings is 1. The number of hydrogen-bond acceptors (Lipinski definition) is 7. The summed E-state index contributed by atoms with van der Waals surface area (Å²) in [6, 6.07) is 10.4. The van der Waals surface area contributed by atoms with Crippen molar-refractivity contribution < 1.29 is 33.2 Å². The number of amides is 2. The Labute approximate surface area is 209 Å². The fraction of sp³-hybridized carbons (Fsp3) is 0.542. The average molecular weight is 504 g/mol. The summed E-state index contributed by atoms with van der Waals surface area (Å²) in [5.41, 5.74) is -0.283. The Bertz CT molecular complexity index is 1020. The first kappa shape index (κ1) is 27.6. The summed E-state index contributed by atoms with van der Waals surface area (Å²) >= 11 is 0. The molecule has 1 aromatic rings. The van der Waals surface area contributed by atoms with Crippen molar-refractivity contribution in [2.75, 3.05) is 26.2 Å². The van der Waals surface area contributed by atoms with Crippen molar-refractivity contribution in [2.45, 2.75) is 56.6 Å². The van der Waals surface area contributed by atoms with Gasteiger partial charge in [-0.25, -0.2) is 13.6 Å². The van der Waals surface area contributed by atoms with Crippen LogP contribution in [0.25, 0.3) is 0 Å². The molecule has 9 nitrogen and oxygen atoms in total. The van der Waals surface area contributed by atoms with Gasteiger partial charge < -0.3 is 25.0 Å². The number of nitrogens with zero attached hydrogens (tertiary/aromatic N) is 3. The van der Waals surface area contributed by atoms with Crippen LogP contribution in [0.3, 0.4) is 0 Å². The molecular formula is C24H31BF2N4O5. The molecule has 2 fully saturated rings. The highest BCUT2D eigenvalue weighted by molar-refractivity contribution is 6.43. The van der Waals surface area contributed by atoms with Crippen LogP contribution in [0.4, 0.5) is 13.6 Å². The molecule has 36 heavy (non-hydrogen) atoms. The summed E-state index contributed by atoms with van der Waals surface area (Å²) in [5.74, 6) is -4.34. The van der Waals surface area contributed by atoms with Crippen molar-refractivity contribution in [3.05, 3.63) is 47.5 Å². The Kier molecular flexibility index (Phi) is 8.71. The fourth-order valence-corrected chi connectivity index (χ4v) is 4.31. The molecule has 194 valence electrons. The number of alkyl carbamates (subject to hydrolysis) is 1. The van der Waals surface area contributed by atoms with Gasteiger partial charge in [-0.05, 0) is 38.3 Å². The fourth-order valence-electron chi connectivity index (χ4n) is 4.31. The Morgan fingerprint density at radius 1 is 1.33 bits per heavy atom. The minimum Gasteiger partial charge on any atom is -0.447 e. The van der Waals surface area contributed by atoms with Crippen molar-refractivity contribution in [3.8, 4) is 6.07 Å². The largest absolute Gasteiger partial charge is 0.475 e. The van der Waals surface area contributed by atoms with E-state index in [2.05, 4.69) is 5.32 Å². The van der Waals surface area contributed by atoms with E-state index in [4.69, 9.17) is 4.74 Å². The third-order valence-corrected chi connectivity index (χ3v) is 6.61. The van der Waals surface area contributed by atoms with Crippen molar-refractivity contribution >= 4 is 19.1 Å². The van der Waals surface area contributed by atoms with Gasteiger partial charge in [0.15, 0.2) is 0 Å². The summed E-state index contributed by atoms with van der Waals surface area (Å²) in [4.78, 5) is 28.1. The number of ether oxygens (including phenoxy) is 1. The standard InChI is InChI=1S/C24H31BF2N4O5/c1-23(2,30-11-9-24(26,27)16-30)13-18(14-28)21(32)31-10-8-19(31)15-36-22(33)29-20(25(34)35)12-17-6-4-3-5-7-17/h3-7,13,19-20,34-35H,8-12,15-16H2,1-2H3,(H,29,33)/t19-,20+/m1/s1. The second-order valence-electron chi connectivity index (χ2n) is 9.74. The van der Waals surface area contributed by atoms with E-state index in [0.717, 1.165) is 5.56 Å². The van der Waals surface area contributed by atoms with Crippen molar-refractivity contribution in [2.24, 2.45) is 0 Å². The molecule has 0 bridgehead atoms. The van der Waals surface area contributed by atoms with Gasteiger partial charge in [0.2, 0.25) is 0 Å². The van der Waals surface area contributed by atoms with Crippen molar-refractivity contribution in [1.82, 2.24) is 15.1 Å². The van der Waals surface area contributed by atoms with Crippen LogP contribution in [0.5, 0.6) is 0 Å². The van der Waals surface area contributed by atoms with E-state index >= 15 is 0 Å². The lowest BCUT2D eigenvalue weighted by Crippen LogP contribution is -2.55. The molecule has 2 atom stereocenters.